The number of rotatable bonds is 3. The van der Waals surface area contributed by atoms with Crippen molar-refractivity contribution in [3.8, 4) is 0 Å². The van der Waals surface area contributed by atoms with Crippen molar-refractivity contribution in [2.75, 3.05) is 33.3 Å². The fourth-order valence-electron chi connectivity index (χ4n) is 4.41. The van der Waals surface area contributed by atoms with Gasteiger partial charge in [0, 0.05) is 30.9 Å². The number of thiophene rings is 1. The highest BCUT2D eigenvalue weighted by molar-refractivity contribution is 7.14. The number of likely N-dealkylation sites (tertiary alicyclic amines) is 1. The highest BCUT2D eigenvalue weighted by atomic mass is 32.1. The summed E-state index contributed by atoms with van der Waals surface area (Å²) in [6, 6.07) is 2.43. The Morgan fingerprint density at radius 1 is 1.43 bits per heavy atom. The Labute approximate surface area is 170 Å². The molecular weight excluding hydrogens is 376 g/mol. The Balaban J connectivity index is 0.000000706. The molecule has 4 heterocycles. The van der Waals surface area contributed by atoms with Crippen LogP contribution in [-0.2, 0) is 21.6 Å². The van der Waals surface area contributed by atoms with Crippen LogP contribution in [0.15, 0.2) is 18.2 Å². The van der Waals surface area contributed by atoms with Crippen LogP contribution in [0.4, 0.5) is 0 Å². The van der Waals surface area contributed by atoms with E-state index in [2.05, 4.69) is 37.1 Å². The summed E-state index contributed by atoms with van der Waals surface area (Å²) in [5.74, 6) is 0.200. The number of amides is 1. The topological polar surface area (TPSA) is 70.1 Å². The van der Waals surface area contributed by atoms with Crippen LogP contribution in [0.25, 0.3) is 0 Å². The normalized spacial score (nSPS) is 23.2. The highest BCUT2D eigenvalue weighted by Gasteiger charge is 2.42. The summed E-state index contributed by atoms with van der Waals surface area (Å²) in [6.45, 7) is 5.59. The number of ether oxygens (including phenoxy) is 1. The standard InChI is InChI=1S/C20H28N2O2S.CH2O2/c1-3-5-15-6-4-10-22(15)19(23)18-14-16-17(25-18)7-13-24-20(16)8-11-21(2)12-9-20;2-1-3/h4,6,14-15H,3,5,7-13H2,1-2H3;1H,(H,2,3). The van der Waals surface area contributed by atoms with Gasteiger partial charge in [-0.2, -0.15) is 0 Å². The van der Waals surface area contributed by atoms with Crippen molar-refractivity contribution in [1.82, 2.24) is 9.80 Å². The number of carbonyl (C=O) groups is 2. The minimum Gasteiger partial charge on any atom is -0.483 e. The molecule has 3 aliphatic rings. The van der Waals surface area contributed by atoms with Crippen LogP contribution in [0.3, 0.4) is 0 Å². The number of nitrogens with zero attached hydrogens (tertiary/aromatic N) is 2. The first-order valence-corrected chi connectivity index (χ1v) is 10.9. The van der Waals surface area contributed by atoms with E-state index in [4.69, 9.17) is 14.6 Å². The minimum atomic E-state index is -0.250. The summed E-state index contributed by atoms with van der Waals surface area (Å²) >= 11 is 1.71. The predicted octanol–water partition coefficient (Wildman–Crippen LogP) is 3.12. The number of hydrogen-bond donors (Lipinski definition) is 1. The third kappa shape index (κ3) is 4.16. The van der Waals surface area contributed by atoms with Crippen molar-refractivity contribution in [1.29, 1.82) is 0 Å². The van der Waals surface area contributed by atoms with Crippen LogP contribution in [0.1, 0.15) is 52.7 Å². The van der Waals surface area contributed by atoms with Gasteiger partial charge in [-0.05, 0) is 37.9 Å². The van der Waals surface area contributed by atoms with Gasteiger partial charge in [0.15, 0.2) is 0 Å². The van der Waals surface area contributed by atoms with Gasteiger partial charge in [-0.1, -0.05) is 25.5 Å². The molecule has 0 aromatic carbocycles. The number of carbonyl (C=O) groups excluding carboxylic acids is 1. The Morgan fingerprint density at radius 2 is 2.14 bits per heavy atom. The van der Waals surface area contributed by atoms with Crippen molar-refractivity contribution in [3.63, 3.8) is 0 Å². The molecular formula is C21H30N2O4S. The lowest BCUT2D eigenvalue weighted by atomic mass is 9.82. The molecule has 154 valence electrons. The maximum absolute atomic E-state index is 13.1. The van der Waals surface area contributed by atoms with E-state index >= 15 is 0 Å². The van der Waals surface area contributed by atoms with E-state index in [1.807, 2.05) is 4.90 Å². The van der Waals surface area contributed by atoms with Gasteiger partial charge in [-0.25, -0.2) is 0 Å². The molecule has 6 nitrogen and oxygen atoms in total. The molecule has 1 atom stereocenters. The molecule has 1 spiro atoms. The summed E-state index contributed by atoms with van der Waals surface area (Å²) in [4.78, 5) is 28.2. The summed E-state index contributed by atoms with van der Waals surface area (Å²) in [7, 11) is 2.17. The number of piperidine rings is 1. The van der Waals surface area contributed by atoms with Gasteiger partial charge < -0.3 is 19.6 Å². The molecule has 4 rings (SSSR count). The van der Waals surface area contributed by atoms with Crippen LogP contribution in [-0.4, -0.2) is 66.6 Å². The lowest BCUT2D eigenvalue weighted by molar-refractivity contribution is -0.122. The SMILES string of the molecule is CCCC1C=CCN1C(=O)c1cc2c(s1)CCOC21CCN(C)CC1.O=CO. The molecule has 1 saturated heterocycles. The number of carboxylic acid groups (broad SMARTS) is 1. The highest BCUT2D eigenvalue weighted by Crippen LogP contribution is 2.44. The molecule has 3 aliphatic heterocycles. The van der Waals surface area contributed by atoms with E-state index in [-0.39, 0.29) is 24.0 Å². The van der Waals surface area contributed by atoms with Crippen molar-refractivity contribution in [3.05, 3.63) is 33.5 Å². The van der Waals surface area contributed by atoms with E-state index in [1.54, 1.807) is 11.3 Å². The zero-order valence-electron chi connectivity index (χ0n) is 16.7. The molecule has 0 bridgehead atoms. The Morgan fingerprint density at radius 3 is 2.82 bits per heavy atom. The molecule has 0 aliphatic carbocycles. The van der Waals surface area contributed by atoms with Gasteiger partial charge in [-0.3, -0.25) is 9.59 Å². The first-order chi connectivity index (χ1) is 13.5. The Hall–Kier alpha value is -1.70. The van der Waals surface area contributed by atoms with E-state index < -0.39 is 0 Å². The van der Waals surface area contributed by atoms with Gasteiger partial charge in [0.05, 0.1) is 23.1 Å². The summed E-state index contributed by atoms with van der Waals surface area (Å²) in [5, 5.41) is 6.89. The molecule has 7 heteroatoms. The van der Waals surface area contributed by atoms with Crippen molar-refractivity contribution >= 4 is 23.7 Å². The predicted molar refractivity (Wildman–Crippen MR) is 110 cm³/mol. The van der Waals surface area contributed by atoms with E-state index in [1.165, 1.54) is 10.4 Å². The lowest BCUT2D eigenvalue weighted by Gasteiger charge is -2.43. The van der Waals surface area contributed by atoms with E-state index in [9.17, 15) is 4.79 Å². The van der Waals surface area contributed by atoms with Crippen LogP contribution in [0.2, 0.25) is 0 Å². The second-order valence-corrected chi connectivity index (χ2v) is 8.83. The zero-order valence-corrected chi connectivity index (χ0v) is 17.5. The van der Waals surface area contributed by atoms with Gasteiger partial charge in [0.1, 0.15) is 0 Å². The van der Waals surface area contributed by atoms with Crippen LogP contribution in [0, 0.1) is 0 Å². The molecule has 1 unspecified atom stereocenters. The maximum Gasteiger partial charge on any atom is 0.290 e. The monoisotopic (exact) mass is 406 g/mol. The van der Waals surface area contributed by atoms with E-state index in [0.29, 0.717) is 0 Å². The first kappa shape index (κ1) is 21.0. The molecule has 1 amide bonds. The minimum absolute atomic E-state index is 0.152. The molecule has 1 N–H and O–H groups in total. The quantitative estimate of drug-likeness (QED) is 0.617. The summed E-state index contributed by atoms with van der Waals surface area (Å²) < 4.78 is 6.30. The molecule has 1 fully saturated rings. The lowest BCUT2D eigenvalue weighted by Crippen LogP contribution is -2.44. The second kappa shape index (κ2) is 9.20. The number of hydrogen-bond acceptors (Lipinski definition) is 5. The summed E-state index contributed by atoms with van der Waals surface area (Å²) in [6.07, 6.45) is 9.48. The fourth-order valence-corrected chi connectivity index (χ4v) is 5.60. The average molecular weight is 407 g/mol. The molecule has 28 heavy (non-hydrogen) atoms. The Kier molecular flexibility index (Phi) is 6.91. The van der Waals surface area contributed by atoms with E-state index in [0.717, 1.165) is 63.2 Å². The van der Waals surface area contributed by atoms with Gasteiger partial charge >= 0.3 is 0 Å². The van der Waals surface area contributed by atoms with Crippen LogP contribution in [0.5, 0.6) is 0 Å². The average Bonchev–Trinajstić information content (AvgIpc) is 3.33. The van der Waals surface area contributed by atoms with Gasteiger partial charge in [-0.15, -0.1) is 11.3 Å². The second-order valence-electron chi connectivity index (χ2n) is 7.69. The summed E-state index contributed by atoms with van der Waals surface area (Å²) in [5.41, 5.74) is 1.15. The van der Waals surface area contributed by atoms with Crippen LogP contribution >= 0.6 is 11.3 Å². The largest absolute Gasteiger partial charge is 0.483 e. The molecule has 0 saturated carbocycles. The van der Waals surface area contributed by atoms with Crippen molar-refractivity contribution in [2.45, 2.75) is 50.7 Å². The molecule has 1 aromatic heterocycles. The fraction of sp³-hybridized carbons (Fsp3) is 0.619. The Bertz CT molecular complexity index is 722. The molecule has 1 aromatic rings. The third-order valence-corrected chi connectivity index (χ3v) is 7.10. The molecule has 0 radical (unpaired) electrons. The first-order valence-electron chi connectivity index (χ1n) is 10.1. The van der Waals surface area contributed by atoms with Gasteiger partial charge in [0.25, 0.3) is 12.4 Å². The third-order valence-electron chi connectivity index (χ3n) is 5.92. The smallest absolute Gasteiger partial charge is 0.290 e. The maximum atomic E-state index is 13.1. The van der Waals surface area contributed by atoms with Crippen LogP contribution < -0.4 is 0 Å². The van der Waals surface area contributed by atoms with Crippen molar-refractivity contribution in [2.24, 2.45) is 0 Å². The van der Waals surface area contributed by atoms with Gasteiger partial charge in [0.2, 0.25) is 0 Å². The van der Waals surface area contributed by atoms with Crippen molar-refractivity contribution < 1.29 is 19.4 Å². The number of fused-ring (bicyclic) bond motifs is 2. The zero-order chi connectivity index (χ0) is 20.1.